The number of halogens is 1. The lowest BCUT2D eigenvalue weighted by molar-refractivity contribution is 0.106. The molecule has 3 aromatic carbocycles. The van der Waals surface area contributed by atoms with E-state index in [0.29, 0.717) is 32.3 Å². The maximum absolute atomic E-state index is 5.93. The predicted octanol–water partition coefficient (Wildman–Crippen LogP) is 4.90. The van der Waals surface area contributed by atoms with Crippen LogP contribution < -0.4 is 20.1 Å². The van der Waals surface area contributed by atoms with E-state index >= 15 is 0 Å². The van der Waals surface area contributed by atoms with Crippen LogP contribution in [0, 0.1) is 0 Å². The summed E-state index contributed by atoms with van der Waals surface area (Å²) in [7, 11) is 5.06. The smallest absolute Gasteiger partial charge is 0.191 e. The Balaban J connectivity index is 0.00000385. The van der Waals surface area contributed by atoms with Crippen molar-refractivity contribution in [2.75, 3.05) is 21.3 Å². The lowest BCUT2D eigenvalue weighted by Crippen LogP contribution is -2.36. The maximum Gasteiger partial charge on any atom is 0.191 e. The molecule has 176 valence electrons. The highest BCUT2D eigenvalue weighted by Gasteiger charge is 2.08. The summed E-state index contributed by atoms with van der Waals surface area (Å²) in [6.45, 7) is 2.37. The number of hydrogen-bond donors (Lipinski definition) is 2. The SMILES string of the molecule is CN=C(NCc1ccccc1COCc1ccccc1)NCc1ccc(OC)cc1OC.I. The van der Waals surface area contributed by atoms with E-state index in [1.54, 1.807) is 21.3 Å². The second-order valence-corrected chi connectivity index (χ2v) is 7.20. The molecular formula is C26H32IN3O3. The van der Waals surface area contributed by atoms with Gasteiger partial charge in [0.2, 0.25) is 0 Å². The van der Waals surface area contributed by atoms with Crippen LogP contribution in [0.3, 0.4) is 0 Å². The third-order valence-corrected chi connectivity index (χ3v) is 5.10. The van der Waals surface area contributed by atoms with Crippen molar-refractivity contribution in [3.05, 3.63) is 95.1 Å². The molecule has 0 heterocycles. The van der Waals surface area contributed by atoms with Gasteiger partial charge in [0.15, 0.2) is 5.96 Å². The quantitative estimate of drug-likeness (QED) is 0.210. The number of aliphatic imine (C=N–C) groups is 1. The zero-order chi connectivity index (χ0) is 22.6. The minimum atomic E-state index is 0. The summed E-state index contributed by atoms with van der Waals surface area (Å²) in [6.07, 6.45) is 0. The minimum Gasteiger partial charge on any atom is -0.497 e. The first kappa shape index (κ1) is 26.5. The molecule has 0 saturated heterocycles. The molecule has 0 spiro atoms. The molecule has 0 aliphatic carbocycles. The van der Waals surface area contributed by atoms with Gasteiger partial charge in [-0.25, -0.2) is 0 Å². The number of methoxy groups -OCH3 is 2. The third-order valence-electron chi connectivity index (χ3n) is 5.10. The molecule has 0 unspecified atom stereocenters. The summed E-state index contributed by atoms with van der Waals surface area (Å²) < 4.78 is 16.7. The minimum absolute atomic E-state index is 0. The third kappa shape index (κ3) is 8.25. The molecule has 7 heteroatoms. The number of benzene rings is 3. The molecule has 3 aromatic rings. The lowest BCUT2D eigenvalue weighted by atomic mass is 10.1. The van der Waals surface area contributed by atoms with E-state index in [4.69, 9.17) is 14.2 Å². The van der Waals surface area contributed by atoms with E-state index in [9.17, 15) is 0 Å². The first-order valence-electron chi connectivity index (χ1n) is 10.6. The Hall–Kier alpha value is -2.78. The molecule has 33 heavy (non-hydrogen) atoms. The number of ether oxygens (including phenoxy) is 3. The number of guanidine groups is 1. The van der Waals surface area contributed by atoms with E-state index in [-0.39, 0.29) is 24.0 Å². The molecule has 0 bridgehead atoms. The second-order valence-electron chi connectivity index (χ2n) is 7.20. The number of nitrogens with zero attached hydrogens (tertiary/aromatic N) is 1. The number of nitrogens with one attached hydrogen (secondary N) is 2. The molecular weight excluding hydrogens is 529 g/mol. The molecule has 0 aliphatic rings. The Morgan fingerprint density at radius 2 is 1.42 bits per heavy atom. The molecule has 0 amide bonds. The van der Waals surface area contributed by atoms with E-state index in [1.165, 1.54) is 11.1 Å². The van der Waals surface area contributed by atoms with Gasteiger partial charge in [-0.15, -0.1) is 24.0 Å². The zero-order valence-corrected chi connectivity index (χ0v) is 21.7. The molecule has 0 atom stereocenters. The highest BCUT2D eigenvalue weighted by molar-refractivity contribution is 14.0. The first-order chi connectivity index (χ1) is 15.7. The molecule has 0 fully saturated rings. The molecule has 0 saturated carbocycles. The van der Waals surface area contributed by atoms with Crippen LogP contribution in [0.1, 0.15) is 22.3 Å². The molecule has 2 N–H and O–H groups in total. The summed E-state index contributed by atoms with van der Waals surface area (Å²) in [6, 6.07) is 24.3. The zero-order valence-electron chi connectivity index (χ0n) is 19.3. The second kappa shape index (κ2) is 14.4. The van der Waals surface area contributed by atoms with Crippen LogP contribution in [0.2, 0.25) is 0 Å². The van der Waals surface area contributed by atoms with Crippen LogP contribution in [-0.2, 0) is 31.0 Å². The highest BCUT2D eigenvalue weighted by Crippen LogP contribution is 2.24. The van der Waals surface area contributed by atoms with Crippen molar-refractivity contribution in [1.82, 2.24) is 10.6 Å². The van der Waals surface area contributed by atoms with Gasteiger partial charge in [-0.1, -0.05) is 54.6 Å². The van der Waals surface area contributed by atoms with Gasteiger partial charge in [0.1, 0.15) is 11.5 Å². The summed E-state index contributed by atoms with van der Waals surface area (Å²) in [5.41, 5.74) is 4.52. The van der Waals surface area contributed by atoms with Gasteiger partial charge in [-0.05, 0) is 28.8 Å². The van der Waals surface area contributed by atoms with Crippen LogP contribution in [0.5, 0.6) is 11.5 Å². The molecule has 0 aromatic heterocycles. The monoisotopic (exact) mass is 561 g/mol. The Labute approximate surface area is 213 Å². The molecule has 0 aliphatic heterocycles. The van der Waals surface area contributed by atoms with E-state index in [1.807, 2.05) is 48.5 Å². The Morgan fingerprint density at radius 3 is 2.09 bits per heavy atom. The van der Waals surface area contributed by atoms with Crippen molar-refractivity contribution in [2.24, 2.45) is 4.99 Å². The molecule has 0 radical (unpaired) electrons. The Bertz CT molecular complexity index is 1010. The maximum atomic E-state index is 5.93. The van der Waals surface area contributed by atoms with Crippen molar-refractivity contribution in [1.29, 1.82) is 0 Å². The summed E-state index contributed by atoms with van der Waals surface area (Å²) in [5.74, 6) is 2.25. The van der Waals surface area contributed by atoms with E-state index in [2.05, 4.69) is 39.9 Å². The number of hydrogen-bond acceptors (Lipinski definition) is 4. The van der Waals surface area contributed by atoms with Crippen LogP contribution in [0.15, 0.2) is 77.8 Å². The van der Waals surface area contributed by atoms with Gasteiger partial charge in [-0.2, -0.15) is 0 Å². The fourth-order valence-electron chi connectivity index (χ4n) is 3.30. The van der Waals surface area contributed by atoms with Gasteiger partial charge in [0, 0.05) is 31.8 Å². The van der Waals surface area contributed by atoms with Crippen molar-refractivity contribution in [3.8, 4) is 11.5 Å². The van der Waals surface area contributed by atoms with Crippen LogP contribution in [-0.4, -0.2) is 27.2 Å². The highest BCUT2D eigenvalue weighted by atomic mass is 127. The Morgan fingerprint density at radius 1 is 0.758 bits per heavy atom. The van der Waals surface area contributed by atoms with Gasteiger partial charge in [-0.3, -0.25) is 4.99 Å². The predicted molar refractivity (Wildman–Crippen MR) is 143 cm³/mol. The van der Waals surface area contributed by atoms with Gasteiger partial charge >= 0.3 is 0 Å². The van der Waals surface area contributed by atoms with Crippen LogP contribution in [0.25, 0.3) is 0 Å². The summed E-state index contributed by atoms with van der Waals surface area (Å²) in [4.78, 5) is 4.34. The average Bonchev–Trinajstić information content (AvgIpc) is 2.85. The van der Waals surface area contributed by atoms with Crippen LogP contribution in [0.4, 0.5) is 0 Å². The van der Waals surface area contributed by atoms with Crippen molar-refractivity contribution in [3.63, 3.8) is 0 Å². The summed E-state index contributed by atoms with van der Waals surface area (Å²) in [5, 5.41) is 6.72. The van der Waals surface area contributed by atoms with Gasteiger partial charge in [0.05, 0.1) is 27.4 Å². The fraction of sp³-hybridized carbons (Fsp3) is 0.269. The molecule has 6 nitrogen and oxygen atoms in total. The van der Waals surface area contributed by atoms with Crippen molar-refractivity contribution < 1.29 is 14.2 Å². The van der Waals surface area contributed by atoms with Crippen molar-refractivity contribution >= 4 is 29.9 Å². The molecule has 3 rings (SSSR count). The topological polar surface area (TPSA) is 64.1 Å². The standard InChI is InChI=1S/C26H31N3O3.HI/c1-27-26(29-17-22-13-14-24(30-2)15-25(22)31-3)28-16-21-11-7-8-12-23(21)19-32-18-20-9-5-4-6-10-20;/h4-15H,16-19H2,1-3H3,(H2,27,28,29);1H. The lowest BCUT2D eigenvalue weighted by Gasteiger charge is -2.16. The van der Waals surface area contributed by atoms with Gasteiger partial charge < -0.3 is 24.8 Å². The number of rotatable bonds is 10. The normalized spacial score (nSPS) is 10.8. The van der Waals surface area contributed by atoms with E-state index in [0.717, 1.165) is 22.6 Å². The van der Waals surface area contributed by atoms with E-state index < -0.39 is 0 Å². The fourth-order valence-corrected chi connectivity index (χ4v) is 3.30. The van der Waals surface area contributed by atoms with Gasteiger partial charge in [0.25, 0.3) is 0 Å². The summed E-state index contributed by atoms with van der Waals surface area (Å²) >= 11 is 0. The van der Waals surface area contributed by atoms with Crippen molar-refractivity contribution in [2.45, 2.75) is 26.3 Å². The first-order valence-corrected chi connectivity index (χ1v) is 10.6. The largest absolute Gasteiger partial charge is 0.497 e. The Kier molecular flexibility index (Phi) is 11.5. The van der Waals surface area contributed by atoms with Crippen LogP contribution >= 0.6 is 24.0 Å². The average molecular weight is 561 g/mol.